The maximum atomic E-state index is 13.2. The summed E-state index contributed by atoms with van der Waals surface area (Å²) in [5.41, 5.74) is 3.28. The highest BCUT2D eigenvalue weighted by Gasteiger charge is 2.21. The van der Waals surface area contributed by atoms with Crippen molar-refractivity contribution in [2.24, 2.45) is 0 Å². The van der Waals surface area contributed by atoms with E-state index in [2.05, 4.69) is 9.88 Å². The summed E-state index contributed by atoms with van der Waals surface area (Å²) in [6.45, 7) is 3.44. The van der Waals surface area contributed by atoms with E-state index in [9.17, 15) is 9.18 Å². The Labute approximate surface area is 169 Å². The number of nitrogens with zero attached hydrogens (tertiary/aromatic N) is 3. The number of rotatable bonds is 7. The van der Waals surface area contributed by atoms with Crippen LogP contribution in [0.2, 0.25) is 0 Å². The molecule has 0 aliphatic heterocycles. The highest BCUT2D eigenvalue weighted by Crippen LogP contribution is 2.29. The molecule has 146 valence electrons. The number of amides is 1. The molecule has 0 bridgehead atoms. The van der Waals surface area contributed by atoms with Crippen molar-refractivity contribution < 1.29 is 9.18 Å². The maximum Gasteiger partial charge on any atom is 0.260 e. The molecule has 4 nitrogen and oxygen atoms in total. The van der Waals surface area contributed by atoms with E-state index in [1.54, 1.807) is 17.0 Å². The first kappa shape index (κ1) is 20.2. The molecule has 0 atom stereocenters. The third-order valence-corrected chi connectivity index (χ3v) is 5.22. The second-order valence-corrected chi connectivity index (χ2v) is 7.84. The van der Waals surface area contributed by atoms with Gasteiger partial charge in [-0.05, 0) is 70.4 Å². The molecule has 0 aliphatic carbocycles. The Hall–Kier alpha value is -2.57. The van der Waals surface area contributed by atoms with Crippen molar-refractivity contribution in [2.45, 2.75) is 13.3 Å². The molecule has 3 aromatic rings. The van der Waals surface area contributed by atoms with Crippen LogP contribution >= 0.6 is 11.3 Å². The number of benzene rings is 2. The Morgan fingerprint density at radius 3 is 2.54 bits per heavy atom. The zero-order valence-corrected chi connectivity index (χ0v) is 17.2. The lowest BCUT2D eigenvalue weighted by molar-refractivity contribution is 0.0986. The van der Waals surface area contributed by atoms with Crippen LogP contribution in [0.15, 0.2) is 53.9 Å². The van der Waals surface area contributed by atoms with Gasteiger partial charge >= 0.3 is 0 Å². The molecule has 1 aromatic heterocycles. The second-order valence-electron chi connectivity index (χ2n) is 7.01. The fraction of sp³-hybridized carbons (Fsp3) is 0.273. The molecule has 6 heteroatoms. The molecule has 2 aromatic carbocycles. The third-order valence-electron chi connectivity index (χ3n) is 4.36. The first-order valence-corrected chi connectivity index (χ1v) is 10.1. The summed E-state index contributed by atoms with van der Waals surface area (Å²) in [5, 5.41) is 2.56. The molecule has 0 saturated heterocycles. The largest absolute Gasteiger partial charge is 0.309 e. The molecule has 28 heavy (non-hydrogen) atoms. The van der Waals surface area contributed by atoms with Crippen molar-refractivity contribution in [2.75, 3.05) is 32.1 Å². The van der Waals surface area contributed by atoms with Crippen LogP contribution in [0.3, 0.4) is 0 Å². The molecule has 0 unspecified atom stereocenters. The number of anilines is 1. The Balaban J connectivity index is 1.88. The number of halogens is 1. The maximum absolute atomic E-state index is 13.2. The number of thiazole rings is 1. The van der Waals surface area contributed by atoms with E-state index in [1.807, 2.05) is 50.7 Å². The molecule has 1 heterocycles. The molecule has 0 radical (unpaired) electrons. The van der Waals surface area contributed by atoms with Crippen LogP contribution in [0.4, 0.5) is 9.52 Å². The SMILES string of the molecule is Cc1cccc(C(=O)N(CCCN(C)C)c2nc(-c3ccc(F)cc3)cs2)c1. The Morgan fingerprint density at radius 2 is 1.86 bits per heavy atom. The molecule has 0 fully saturated rings. The van der Waals surface area contributed by atoms with Crippen LogP contribution in [0.1, 0.15) is 22.3 Å². The fourth-order valence-corrected chi connectivity index (χ4v) is 3.76. The average Bonchev–Trinajstić information content (AvgIpc) is 3.15. The van der Waals surface area contributed by atoms with E-state index in [0.717, 1.165) is 29.8 Å². The predicted molar refractivity (Wildman–Crippen MR) is 114 cm³/mol. The van der Waals surface area contributed by atoms with Gasteiger partial charge in [0, 0.05) is 23.1 Å². The first-order valence-electron chi connectivity index (χ1n) is 9.19. The van der Waals surface area contributed by atoms with Gasteiger partial charge in [0.2, 0.25) is 0 Å². The van der Waals surface area contributed by atoms with Crippen LogP contribution in [-0.4, -0.2) is 43.0 Å². The number of aryl methyl sites for hydroxylation is 1. The van der Waals surface area contributed by atoms with Crippen LogP contribution < -0.4 is 4.90 Å². The molecule has 0 aliphatic rings. The van der Waals surface area contributed by atoms with Gasteiger partial charge in [-0.25, -0.2) is 9.37 Å². The summed E-state index contributed by atoms with van der Waals surface area (Å²) in [6, 6.07) is 13.8. The van der Waals surface area contributed by atoms with Gasteiger partial charge in [-0.15, -0.1) is 11.3 Å². The van der Waals surface area contributed by atoms with Gasteiger partial charge in [0.1, 0.15) is 5.82 Å². The summed E-state index contributed by atoms with van der Waals surface area (Å²) in [7, 11) is 4.03. The first-order chi connectivity index (χ1) is 13.4. The van der Waals surface area contributed by atoms with E-state index >= 15 is 0 Å². The highest BCUT2D eigenvalue weighted by molar-refractivity contribution is 7.14. The summed E-state index contributed by atoms with van der Waals surface area (Å²) < 4.78 is 13.2. The lowest BCUT2D eigenvalue weighted by atomic mass is 10.1. The minimum atomic E-state index is -0.279. The van der Waals surface area contributed by atoms with Gasteiger partial charge in [-0.3, -0.25) is 9.69 Å². The summed E-state index contributed by atoms with van der Waals surface area (Å²) in [4.78, 5) is 21.7. The number of aromatic nitrogens is 1. The molecule has 0 spiro atoms. The van der Waals surface area contributed by atoms with Crippen LogP contribution in [-0.2, 0) is 0 Å². The third kappa shape index (κ3) is 5.03. The van der Waals surface area contributed by atoms with Crippen molar-refractivity contribution in [3.63, 3.8) is 0 Å². The Morgan fingerprint density at radius 1 is 1.11 bits per heavy atom. The quantitative estimate of drug-likeness (QED) is 0.571. The minimum Gasteiger partial charge on any atom is -0.309 e. The lowest BCUT2D eigenvalue weighted by Crippen LogP contribution is -2.33. The predicted octanol–water partition coefficient (Wildman–Crippen LogP) is 4.86. The van der Waals surface area contributed by atoms with Gasteiger partial charge in [0.25, 0.3) is 5.91 Å². The topological polar surface area (TPSA) is 36.4 Å². The van der Waals surface area contributed by atoms with E-state index in [-0.39, 0.29) is 11.7 Å². The van der Waals surface area contributed by atoms with Crippen molar-refractivity contribution in [1.29, 1.82) is 0 Å². The minimum absolute atomic E-state index is 0.0533. The van der Waals surface area contributed by atoms with Gasteiger partial charge < -0.3 is 4.90 Å². The monoisotopic (exact) mass is 397 g/mol. The van der Waals surface area contributed by atoms with E-state index < -0.39 is 0 Å². The van der Waals surface area contributed by atoms with E-state index in [0.29, 0.717) is 17.2 Å². The van der Waals surface area contributed by atoms with Crippen molar-refractivity contribution in [3.8, 4) is 11.3 Å². The second kappa shape index (κ2) is 9.08. The average molecular weight is 398 g/mol. The standard InChI is InChI=1S/C22H24FN3OS/c1-16-6-4-7-18(14-16)21(27)26(13-5-12-25(2)3)22-24-20(15-28-22)17-8-10-19(23)11-9-17/h4,6-11,14-15H,5,12-13H2,1-3H3. The highest BCUT2D eigenvalue weighted by atomic mass is 32.1. The zero-order chi connectivity index (χ0) is 20.1. The molecular formula is C22H24FN3OS. The lowest BCUT2D eigenvalue weighted by Gasteiger charge is -2.21. The van der Waals surface area contributed by atoms with Gasteiger partial charge in [0.05, 0.1) is 5.69 Å². The molecule has 0 saturated carbocycles. The van der Waals surface area contributed by atoms with Crippen molar-refractivity contribution >= 4 is 22.4 Å². The normalized spacial score (nSPS) is 11.0. The van der Waals surface area contributed by atoms with Crippen LogP contribution in [0.25, 0.3) is 11.3 Å². The van der Waals surface area contributed by atoms with Crippen molar-refractivity contribution in [1.82, 2.24) is 9.88 Å². The molecule has 3 rings (SSSR count). The smallest absolute Gasteiger partial charge is 0.260 e. The summed E-state index contributed by atoms with van der Waals surface area (Å²) in [5.74, 6) is -0.332. The van der Waals surface area contributed by atoms with E-state index in [4.69, 9.17) is 0 Å². The number of carbonyl (C=O) groups is 1. The van der Waals surface area contributed by atoms with Gasteiger partial charge in [-0.1, -0.05) is 17.7 Å². The molecular weight excluding hydrogens is 373 g/mol. The van der Waals surface area contributed by atoms with Crippen molar-refractivity contribution in [3.05, 3.63) is 70.9 Å². The van der Waals surface area contributed by atoms with Gasteiger partial charge in [0.15, 0.2) is 5.13 Å². The Kier molecular flexibility index (Phi) is 6.54. The number of hydrogen-bond donors (Lipinski definition) is 0. The summed E-state index contributed by atoms with van der Waals surface area (Å²) in [6.07, 6.45) is 0.843. The molecule has 1 amide bonds. The number of hydrogen-bond acceptors (Lipinski definition) is 4. The zero-order valence-electron chi connectivity index (χ0n) is 16.4. The van der Waals surface area contributed by atoms with Crippen LogP contribution in [0, 0.1) is 12.7 Å². The summed E-state index contributed by atoms with van der Waals surface area (Å²) >= 11 is 1.43. The van der Waals surface area contributed by atoms with Gasteiger partial charge in [-0.2, -0.15) is 0 Å². The molecule has 0 N–H and O–H groups in total. The van der Waals surface area contributed by atoms with Crippen LogP contribution in [0.5, 0.6) is 0 Å². The fourth-order valence-electron chi connectivity index (χ4n) is 2.90. The van der Waals surface area contributed by atoms with E-state index in [1.165, 1.54) is 23.5 Å². The number of carbonyl (C=O) groups excluding carboxylic acids is 1. The Bertz CT molecular complexity index is 937.